The van der Waals surface area contributed by atoms with E-state index in [-0.39, 0.29) is 11.6 Å². The molecular formula is C96H86F2N4. The quantitative estimate of drug-likeness (QED) is 0.152. The molecule has 0 saturated heterocycles. The van der Waals surface area contributed by atoms with Crippen LogP contribution in [-0.2, 0) is 34.6 Å². The van der Waals surface area contributed by atoms with Gasteiger partial charge >= 0.3 is 0 Å². The van der Waals surface area contributed by atoms with Crippen molar-refractivity contribution in [3.05, 3.63) is 288 Å². The second kappa shape index (κ2) is 26.1. The summed E-state index contributed by atoms with van der Waals surface area (Å²) in [5.41, 5.74) is 20.8. The Morgan fingerprint density at radius 3 is 1.42 bits per heavy atom. The molecule has 19 aromatic rings. The predicted molar refractivity (Wildman–Crippen MR) is 438 cm³/mol. The number of hydrogen-bond acceptors (Lipinski definition) is 0. The molecule has 4 nitrogen and oxygen atoms in total. The highest BCUT2D eigenvalue weighted by atomic mass is 19.1. The average molecular weight is 1330 g/mol. The Morgan fingerprint density at radius 2 is 0.804 bits per heavy atom. The first kappa shape index (κ1) is 65.5. The molecule has 0 amide bonds. The van der Waals surface area contributed by atoms with Gasteiger partial charge in [-0.25, -0.2) is 8.78 Å². The van der Waals surface area contributed by atoms with Gasteiger partial charge in [0.15, 0.2) is 0 Å². The van der Waals surface area contributed by atoms with Crippen molar-refractivity contribution in [2.45, 2.75) is 92.9 Å². The molecule has 4 heterocycles. The first-order valence-corrected chi connectivity index (χ1v) is 36.5. The number of aromatic nitrogens is 4. The van der Waals surface area contributed by atoms with Crippen LogP contribution in [-0.4, -0.2) is 18.3 Å². The lowest BCUT2D eigenvalue weighted by atomic mass is 9.88. The monoisotopic (exact) mass is 1330 g/mol. The molecular weight excluding hydrogens is 1250 g/mol. The average Bonchev–Trinajstić information content (AvgIpc) is 1.54. The fourth-order valence-corrected chi connectivity index (χ4v) is 17.2. The lowest BCUT2D eigenvalue weighted by molar-refractivity contribution is 0.627. The van der Waals surface area contributed by atoms with Gasteiger partial charge in [0, 0.05) is 115 Å². The number of nitrogens with zero attached hydrogens (tertiary/aromatic N) is 4. The van der Waals surface area contributed by atoms with Crippen LogP contribution >= 0.6 is 0 Å². The maximum absolute atomic E-state index is 14.2. The first-order chi connectivity index (χ1) is 49.5. The summed E-state index contributed by atoms with van der Waals surface area (Å²) in [6, 6.07) is 85.4. The van der Waals surface area contributed by atoms with Crippen molar-refractivity contribution in [3.8, 4) is 11.1 Å². The highest BCUT2D eigenvalue weighted by molar-refractivity contribution is 6.26. The molecule has 1 unspecified atom stereocenters. The number of fused-ring (bicyclic) bond motifs is 20. The van der Waals surface area contributed by atoms with Gasteiger partial charge in [0.1, 0.15) is 11.6 Å². The number of rotatable bonds is 7. The third kappa shape index (κ3) is 10.8. The van der Waals surface area contributed by atoms with Crippen molar-refractivity contribution >= 4 is 152 Å². The molecule has 0 saturated carbocycles. The van der Waals surface area contributed by atoms with Crippen LogP contribution in [0.2, 0.25) is 0 Å². The molecule has 19 rings (SSSR count). The summed E-state index contributed by atoms with van der Waals surface area (Å²) in [6.07, 6.45) is 4.28. The van der Waals surface area contributed by atoms with Gasteiger partial charge in [0.05, 0.1) is 5.52 Å². The van der Waals surface area contributed by atoms with Crippen LogP contribution in [0.3, 0.4) is 0 Å². The van der Waals surface area contributed by atoms with Gasteiger partial charge in [0.2, 0.25) is 0 Å². The molecule has 0 aliphatic heterocycles. The lowest BCUT2D eigenvalue weighted by Gasteiger charge is -2.17. The van der Waals surface area contributed by atoms with E-state index >= 15 is 0 Å². The van der Waals surface area contributed by atoms with Crippen molar-refractivity contribution in [3.63, 3.8) is 0 Å². The van der Waals surface area contributed by atoms with Gasteiger partial charge in [0.25, 0.3) is 0 Å². The maximum atomic E-state index is 14.2. The fourth-order valence-electron chi connectivity index (χ4n) is 17.2. The van der Waals surface area contributed by atoms with E-state index in [9.17, 15) is 8.78 Å². The second-order valence-corrected chi connectivity index (χ2v) is 28.6. The van der Waals surface area contributed by atoms with E-state index in [4.69, 9.17) is 0 Å². The van der Waals surface area contributed by atoms with Gasteiger partial charge in [-0.15, -0.1) is 0 Å². The van der Waals surface area contributed by atoms with Gasteiger partial charge in [-0.2, -0.15) is 0 Å². The summed E-state index contributed by atoms with van der Waals surface area (Å²) < 4.78 is 37.2. The van der Waals surface area contributed by atoms with Crippen molar-refractivity contribution in [1.29, 1.82) is 0 Å². The minimum Gasteiger partial charge on any atom is -0.344 e. The predicted octanol–water partition coefficient (Wildman–Crippen LogP) is 27.1. The van der Waals surface area contributed by atoms with E-state index in [2.05, 4.69) is 302 Å². The maximum Gasteiger partial charge on any atom is 0.123 e. The SMILES string of the molecule is CCC(C)c1ccc2cc3c(cc2c1)c1c(C)c2ccccc2cc1n3C.CCC(CC)c1cc2c(c3ccc(F)cc13)c1ccc3cc(F)ccc3c1n2C.CCc1ccc2c(c1)c1cc(-c3ccccc3)ccc1n2C.Cc1c2ccccc2cc2c1c1c(C)c3ccccc3cc1n2C. The Balaban J connectivity index is 0.000000106. The van der Waals surface area contributed by atoms with Crippen LogP contribution < -0.4 is 0 Å². The van der Waals surface area contributed by atoms with Crippen LogP contribution in [0.15, 0.2) is 243 Å². The molecule has 4 aromatic heterocycles. The number of benzene rings is 15. The molecule has 0 spiro atoms. The highest BCUT2D eigenvalue weighted by Gasteiger charge is 2.22. The summed E-state index contributed by atoms with van der Waals surface area (Å²) in [4.78, 5) is 0. The third-order valence-electron chi connectivity index (χ3n) is 23.0. The van der Waals surface area contributed by atoms with Gasteiger partial charge in [-0.05, 0) is 253 Å². The first-order valence-electron chi connectivity index (χ1n) is 36.5. The normalized spacial score (nSPS) is 12.2. The molecule has 504 valence electrons. The van der Waals surface area contributed by atoms with E-state index in [1.807, 2.05) is 18.2 Å². The number of halogens is 2. The highest BCUT2D eigenvalue weighted by Crippen LogP contribution is 2.45. The molecule has 1 atom stereocenters. The summed E-state index contributed by atoms with van der Waals surface area (Å²) in [7, 11) is 8.60. The topological polar surface area (TPSA) is 19.7 Å². The van der Waals surface area contributed by atoms with E-state index in [1.54, 1.807) is 18.2 Å². The zero-order valence-corrected chi connectivity index (χ0v) is 60.6. The molecule has 0 N–H and O–H groups in total. The van der Waals surface area contributed by atoms with Crippen LogP contribution in [0.4, 0.5) is 8.78 Å². The zero-order valence-electron chi connectivity index (χ0n) is 60.6. The minimum atomic E-state index is -0.229. The molecule has 0 bridgehead atoms. The van der Waals surface area contributed by atoms with Crippen LogP contribution in [0.5, 0.6) is 0 Å². The molecule has 0 radical (unpaired) electrons. The van der Waals surface area contributed by atoms with Gasteiger partial charge in [-0.1, -0.05) is 186 Å². The lowest BCUT2D eigenvalue weighted by Crippen LogP contribution is -1.99. The summed E-state index contributed by atoms with van der Waals surface area (Å²) in [5, 5.41) is 25.2. The summed E-state index contributed by atoms with van der Waals surface area (Å²) >= 11 is 0. The van der Waals surface area contributed by atoms with Gasteiger partial charge in [-0.3, -0.25) is 0 Å². The molecule has 0 fully saturated rings. The fraction of sp³-hybridized carbons (Fsp3) is 0.188. The van der Waals surface area contributed by atoms with E-state index < -0.39 is 0 Å². The number of hydrogen-bond donors (Lipinski definition) is 0. The van der Waals surface area contributed by atoms with E-state index in [1.165, 1.54) is 166 Å². The Labute approximate surface area is 595 Å². The van der Waals surface area contributed by atoms with Crippen molar-refractivity contribution < 1.29 is 8.78 Å². The Morgan fingerprint density at radius 1 is 0.304 bits per heavy atom. The van der Waals surface area contributed by atoms with Crippen LogP contribution in [0.25, 0.3) is 163 Å². The minimum absolute atomic E-state index is 0.204. The van der Waals surface area contributed by atoms with E-state index in [0.29, 0.717) is 11.8 Å². The van der Waals surface area contributed by atoms with Crippen LogP contribution in [0.1, 0.15) is 99.1 Å². The Bertz CT molecular complexity index is 6470. The number of aryl methyl sites for hydroxylation is 8. The van der Waals surface area contributed by atoms with Crippen molar-refractivity contribution in [2.75, 3.05) is 0 Å². The molecule has 102 heavy (non-hydrogen) atoms. The van der Waals surface area contributed by atoms with Crippen LogP contribution in [0, 0.1) is 32.4 Å². The molecule has 0 aliphatic rings. The van der Waals surface area contributed by atoms with E-state index in [0.717, 1.165) is 62.6 Å². The Kier molecular flexibility index (Phi) is 16.8. The van der Waals surface area contributed by atoms with Crippen molar-refractivity contribution in [2.24, 2.45) is 28.2 Å². The van der Waals surface area contributed by atoms with Gasteiger partial charge < -0.3 is 18.3 Å². The molecule has 6 heteroatoms. The summed E-state index contributed by atoms with van der Waals surface area (Å²) in [6.45, 7) is 18.0. The largest absolute Gasteiger partial charge is 0.344 e. The third-order valence-corrected chi connectivity index (χ3v) is 23.0. The zero-order chi connectivity index (χ0) is 70.5. The molecule has 15 aromatic carbocycles. The smallest absolute Gasteiger partial charge is 0.123 e. The Hall–Kier alpha value is -11.1. The molecule has 0 aliphatic carbocycles. The standard InChI is InChI=1S/C26H23F2N.C26H25N.C23H19N.C21H19N/c1-4-15(5-2)22-14-24-25(20-11-8-18(28)13-23(20)22)21-9-6-16-12-17(27)7-10-19(16)26(21)29(24)3;1-5-16(2)18-10-11-19-14-24-23(13-21(19)12-18)26-17(3)22-9-7-6-8-20(22)15-25(26)27(24)4;1-14-18-10-6-4-8-16(18)12-20-22(14)23-15(2)19-11-7-5-9-17(19)13-21(23)24(20)3;1-3-15-9-11-20-18(13-15)19-14-17(10-12-21(19)22(20)2)16-7-5-4-6-8-16/h6-15H,4-5H2,1-3H3;6-16H,5H2,1-4H3;4-13H,1-3H3;4-14H,3H2,1-2H3. The summed E-state index contributed by atoms with van der Waals surface area (Å²) in [5.74, 6) is 0.550. The second-order valence-electron chi connectivity index (χ2n) is 28.6. The van der Waals surface area contributed by atoms with Crippen molar-refractivity contribution in [1.82, 2.24) is 18.3 Å².